The largest absolute Gasteiger partial charge is 0.361 e. The normalized spacial score (nSPS) is 16.1. The summed E-state index contributed by atoms with van der Waals surface area (Å²) in [5.74, 6) is 2.19. The molecule has 0 radical (unpaired) electrons. The predicted octanol–water partition coefficient (Wildman–Crippen LogP) is 3.25. The first kappa shape index (κ1) is 12.6. The van der Waals surface area contributed by atoms with Gasteiger partial charge in [-0.2, -0.15) is 0 Å². The molecule has 2 rings (SSSR count). The van der Waals surface area contributed by atoms with E-state index in [0.717, 1.165) is 30.5 Å². The predicted molar refractivity (Wildman–Crippen MR) is 69.0 cm³/mol. The van der Waals surface area contributed by atoms with E-state index in [0.29, 0.717) is 11.8 Å². The van der Waals surface area contributed by atoms with Crippen LogP contribution in [0.4, 0.5) is 0 Å². The van der Waals surface area contributed by atoms with Crippen LogP contribution in [0.25, 0.3) is 0 Å². The Morgan fingerprint density at radius 3 is 2.53 bits per heavy atom. The van der Waals surface area contributed by atoms with E-state index < -0.39 is 0 Å². The minimum Gasteiger partial charge on any atom is -0.361 e. The van der Waals surface area contributed by atoms with E-state index >= 15 is 0 Å². The zero-order valence-corrected chi connectivity index (χ0v) is 11.4. The van der Waals surface area contributed by atoms with Gasteiger partial charge in [0.2, 0.25) is 0 Å². The lowest BCUT2D eigenvalue weighted by Crippen LogP contribution is -2.17. The highest BCUT2D eigenvalue weighted by atomic mass is 16.5. The molecule has 17 heavy (non-hydrogen) atoms. The van der Waals surface area contributed by atoms with Crippen molar-refractivity contribution in [3.05, 3.63) is 17.0 Å². The summed E-state index contributed by atoms with van der Waals surface area (Å²) in [7, 11) is 0. The molecule has 1 heterocycles. The van der Waals surface area contributed by atoms with Gasteiger partial charge < -0.3 is 9.84 Å². The lowest BCUT2D eigenvalue weighted by molar-refractivity contribution is 0.360. The van der Waals surface area contributed by atoms with Crippen molar-refractivity contribution in [1.82, 2.24) is 10.5 Å². The summed E-state index contributed by atoms with van der Waals surface area (Å²) in [4.78, 5) is 0. The van der Waals surface area contributed by atoms with Crippen LogP contribution in [0.15, 0.2) is 4.52 Å². The zero-order chi connectivity index (χ0) is 12.4. The molecular formula is C14H24N2O. The maximum atomic E-state index is 5.53. The first-order valence-corrected chi connectivity index (χ1v) is 6.78. The molecule has 3 heteroatoms. The molecule has 1 aromatic heterocycles. The van der Waals surface area contributed by atoms with Gasteiger partial charge in [-0.05, 0) is 24.7 Å². The molecular weight excluding hydrogens is 212 g/mol. The number of hydrogen-bond acceptors (Lipinski definition) is 3. The summed E-state index contributed by atoms with van der Waals surface area (Å²) in [6, 6.07) is 0.722. The summed E-state index contributed by atoms with van der Waals surface area (Å²) in [5.41, 5.74) is 2.44. The lowest BCUT2D eigenvalue weighted by atomic mass is 9.96. The summed E-state index contributed by atoms with van der Waals surface area (Å²) < 4.78 is 5.53. The van der Waals surface area contributed by atoms with Crippen LogP contribution >= 0.6 is 0 Å². The van der Waals surface area contributed by atoms with Crippen molar-refractivity contribution in [2.45, 2.75) is 65.5 Å². The second kappa shape index (κ2) is 5.21. The third-order valence-corrected chi connectivity index (χ3v) is 3.18. The van der Waals surface area contributed by atoms with E-state index in [-0.39, 0.29) is 0 Å². The van der Waals surface area contributed by atoms with E-state index in [4.69, 9.17) is 4.52 Å². The number of rotatable bonds is 6. The smallest absolute Gasteiger partial charge is 0.140 e. The fraction of sp³-hybridized carbons (Fsp3) is 0.786. The standard InChI is InChI=1S/C14H24N2O/c1-9(2)7-13-14(10(3)4)12(16-17-13)8-15-11-5-6-11/h9-11,15H,5-8H2,1-4H3. The van der Waals surface area contributed by atoms with Crippen LogP contribution < -0.4 is 5.32 Å². The first-order chi connectivity index (χ1) is 8.08. The molecule has 1 N–H and O–H groups in total. The van der Waals surface area contributed by atoms with Gasteiger partial charge in [-0.1, -0.05) is 32.9 Å². The van der Waals surface area contributed by atoms with E-state index in [1.807, 2.05) is 0 Å². The minimum absolute atomic E-state index is 0.492. The molecule has 1 aliphatic carbocycles. The van der Waals surface area contributed by atoms with Crippen LogP contribution in [0, 0.1) is 5.92 Å². The van der Waals surface area contributed by atoms with Crippen LogP contribution in [0.2, 0.25) is 0 Å². The van der Waals surface area contributed by atoms with Gasteiger partial charge in [-0.25, -0.2) is 0 Å². The Bertz CT molecular complexity index is 364. The topological polar surface area (TPSA) is 38.1 Å². The maximum Gasteiger partial charge on any atom is 0.140 e. The van der Waals surface area contributed by atoms with Crippen LogP contribution in [0.5, 0.6) is 0 Å². The summed E-state index contributed by atoms with van der Waals surface area (Å²) in [6.07, 6.45) is 3.62. The van der Waals surface area contributed by atoms with Gasteiger partial charge in [-0.3, -0.25) is 0 Å². The zero-order valence-electron chi connectivity index (χ0n) is 11.4. The molecule has 3 nitrogen and oxygen atoms in total. The molecule has 96 valence electrons. The third kappa shape index (κ3) is 3.32. The molecule has 0 atom stereocenters. The Balaban J connectivity index is 2.09. The van der Waals surface area contributed by atoms with E-state index in [1.54, 1.807) is 0 Å². The Morgan fingerprint density at radius 1 is 1.29 bits per heavy atom. The SMILES string of the molecule is CC(C)Cc1onc(CNC2CC2)c1C(C)C. The summed E-state index contributed by atoms with van der Waals surface area (Å²) in [6.45, 7) is 9.73. The van der Waals surface area contributed by atoms with E-state index in [2.05, 4.69) is 38.2 Å². The monoisotopic (exact) mass is 236 g/mol. The first-order valence-electron chi connectivity index (χ1n) is 6.78. The van der Waals surface area contributed by atoms with Crippen LogP contribution in [0.3, 0.4) is 0 Å². The second-order valence-electron chi connectivity index (χ2n) is 5.87. The molecule has 0 unspecified atom stereocenters. The van der Waals surface area contributed by atoms with Crippen LogP contribution in [-0.2, 0) is 13.0 Å². The maximum absolute atomic E-state index is 5.53. The molecule has 0 bridgehead atoms. The average Bonchev–Trinajstić information content (AvgIpc) is 2.97. The number of nitrogens with zero attached hydrogens (tertiary/aromatic N) is 1. The van der Waals surface area contributed by atoms with Crippen molar-refractivity contribution in [1.29, 1.82) is 0 Å². The van der Waals surface area contributed by atoms with Gasteiger partial charge in [-0.15, -0.1) is 0 Å². The Hall–Kier alpha value is -0.830. The third-order valence-electron chi connectivity index (χ3n) is 3.18. The van der Waals surface area contributed by atoms with Gasteiger partial charge >= 0.3 is 0 Å². The molecule has 1 aromatic rings. The number of hydrogen-bond donors (Lipinski definition) is 1. The molecule has 0 spiro atoms. The summed E-state index contributed by atoms with van der Waals surface area (Å²) >= 11 is 0. The van der Waals surface area contributed by atoms with Gasteiger partial charge in [0, 0.05) is 24.6 Å². The van der Waals surface area contributed by atoms with E-state index in [1.165, 1.54) is 18.4 Å². The van der Waals surface area contributed by atoms with Crippen molar-refractivity contribution >= 4 is 0 Å². The van der Waals surface area contributed by atoms with Crippen molar-refractivity contribution in [2.75, 3.05) is 0 Å². The number of aromatic nitrogens is 1. The lowest BCUT2D eigenvalue weighted by Gasteiger charge is -2.09. The molecule has 0 aliphatic heterocycles. The van der Waals surface area contributed by atoms with Crippen molar-refractivity contribution in [2.24, 2.45) is 5.92 Å². The number of nitrogens with one attached hydrogen (secondary N) is 1. The van der Waals surface area contributed by atoms with Crippen LogP contribution in [0.1, 0.15) is 63.5 Å². The average molecular weight is 236 g/mol. The molecule has 0 aromatic carbocycles. The van der Waals surface area contributed by atoms with Crippen molar-refractivity contribution in [3.63, 3.8) is 0 Å². The molecule has 0 saturated heterocycles. The fourth-order valence-corrected chi connectivity index (χ4v) is 2.20. The highest BCUT2D eigenvalue weighted by Crippen LogP contribution is 2.27. The van der Waals surface area contributed by atoms with Gasteiger partial charge in [0.15, 0.2) is 0 Å². The fourth-order valence-electron chi connectivity index (χ4n) is 2.20. The molecule has 1 fully saturated rings. The summed E-state index contributed by atoms with van der Waals surface area (Å²) in [5, 5.41) is 7.76. The van der Waals surface area contributed by atoms with Gasteiger partial charge in [0.05, 0.1) is 0 Å². The van der Waals surface area contributed by atoms with Gasteiger partial charge in [0.25, 0.3) is 0 Å². The quantitative estimate of drug-likeness (QED) is 0.824. The highest BCUT2D eigenvalue weighted by molar-refractivity contribution is 5.27. The molecule has 1 aliphatic rings. The van der Waals surface area contributed by atoms with Crippen molar-refractivity contribution < 1.29 is 4.52 Å². The highest BCUT2D eigenvalue weighted by Gasteiger charge is 2.23. The second-order valence-corrected chi connectivity index (χ2v) is 5.87. The van der Waals surface area contributed by atoms with Gasteiger partial charge in [0.1, 0.15) is 11.5 Å². The molecule has 1 saturated carbocycles. The van der Waals surface area contributed by atoms with Crippen molar-refractivity contribution in [3.8, 4) is 0 Å². The Morgan fingerprint density at radius 2 is 2.00 bits per heavy atom. The Labute approximate surface area is 104 Å². The molecule has 0 amide bonds. The minimum atomic E-state index is 0.492. The Kier molecular flexibility index (Phi) is 3.87. The van der Waals surface area contributed by atoms with Crippen LogP contribution in [-0.4, -0.2) is 11.2 Å². The van der Waals surface area contributed by atoms with E-state index in [9.17, 15) is 0 Å².